The molecule has 2 aromatic carbocycles. The number of hydrogen-bond acceptors (Lipinski definition) is 1. The van der Waals surface area contributed by atoms with Crippen LogP contribution >= 0.6 is 31.6 Å². The van der Waals surface area contributed by atoms with Gasteiger partial charge in [-0.2, -0.15) is 0 Å². The van der Waals surface area contributed by atoms with Crippen LogP contribution in [-0.4, -0.2) is 9.93 Å². The molecule has 5 heterocycles. The van der Waals surface area contributed by atoms with Gasteiger partial charge >= 0.3 is 0 Å². The smallest absolute Gasteiger partial charge is 0.149 e. The summed E-state index contributed by atoms with van der Waals surface area (Å²) in [6, 6.07) is 9.76. The quantitative estimate of drug-likeness (QED) is 0.344. The molecule has 5 aliphatic rings. The van der Waals surface area contributed by atoms with Crippen LogP contribution in [0.25, 0.3) is 0 Å². The van der Waals surface area contributed by atoms with Gasteiger partial charge in [0, 0.05) is 7.61 Å². The maximum absolute atomic E-state index is 7.72. The van der Waals surface area contributed by atoms with Crippen molar-refractivity contribution in [1.29, 1.82) is 0 Å². The van der Waals surface area contributed by atoms with Crippen molar-refractivity contribution in [3.05, 3.63) is 68.8 Å². The molecule has 4 fully saturated rings. The third kappa shape index (κ3) is 2.61. The Morgan fingerprint density at radius 3 is 1.60 bits per heavy atom. The fourth-order valence-electron chi connectivity index (χ4n) is 7.95. The molecule has 7 rings (SSSR count). The number of aryl methyl sites for hydroxylation is 6. The lowest BCUT2D eigenvalue weighted by molar-refractivity contribution is 0.302. The predicted octanol–water partition coefficient (Wildman–Crippen LogP) is 10.7. The first-order valence-electron chi connectivity index (χ1n) is 12.9. The van der Waals surface area contributed by atoms with Gasteiger partial charge in [-0.1, -0.05) is 84.8 Å². The second kappa shape index (κ2) is 7.08. The van der Waals surface area contributed by atoms with Crippen molar-refractivity contribution in [3.8, 4) is 0 Å². The first kappa shape index (κ1) is 25.2. The van der Waals surface area contributed by atoms with E-state index < -0.39 is 16.1 Å². The van der Waals surface area contributed by atoms with Crippen LogP contribution in [0.2, 0.25) is 0 Å². The van der Waals surface area contributed by atoms with E-state index >= 15 is 0 Å². The van der Waals surface area contributed by atoms with Gasteiger partial charge in [0.05, 0.1) is 17.9 Å². The summed E-state index contributed by atoms with van der Waals surface area (Å²) in [4.78, 5) is 0.544. The highest BCUT2D eigenvalue weighted by atomic mass is 32.0. The Hall–Kier alpha value is -0.140. The van der Waals surface area contributed by atoms with Crippen LogP contribution in [0.3, 0.4) is 0 Å². The van der Waals surface area contributed by atoms with Crippen LogP contribution in [0.5, 0.6) is 0 Å². The Morgan fingerprint density at radius 1 is 0.714 bits per heavy atom. The molecular weight excluding hydrogens is 500 g/mol. The third-order valence-corrected chi connectivity index (χ3v) is 28.0. The molecule has 6 atom stereocenters. The second-order valence-corrected chi connectivity index (χ2v) is 23.8. The highest BCUT2D eigenvalue weighted by Gasteiger charge is 3.04. The average Bonchev–Trinajstić information content (AvgIpc) is 2.94. The van der Waals surface area contributed by atoms with Crippen molar-refractivity contribution in [1.82, 2.24) is 0 Å². The Balaban J connectivity index is 1.74. The monoisotopic (exact) mass is 540 g/mol. The standard InChI is InChI=1S/C30H40OP4/c1-17-13-19(3)23(20(4)14-17)28-30(27(10,11)12)34(28)31-29(24-21(5)15-18(2)16-22(24)6)33(28)25(26(7,8)9)32-35(29)30/h13-16H,1-12H3/t28-,29+,30-,33?,34?,35?/m1/s1. The first-order chi connectivity index (χ1) is 16.1. The van der Waals surface area contributed by atoms with E-state index in [0.29, 0.717) is 4.90 Å². The van der Waals surface area contributed by atoms with Gasteiger partial charge in [0.15, 0.2) is 0 Å². The fraction of sp³-hybridized carbons (Fsp3) is 0.567. The van der Waals surface area contributed by atoms with Crippen molar-refractivity contribution in [3.63, 3.8) is 0 Å². The van der Waals surface area contributed by atoms with Gasteiger partial charge in [-0.25, -0.2) is 0 Å². The molecule has 0 N–H and O–H groups in total. The lowest BCUT2D eigenvalue weighted by Crippen LogP contribution is -2.34. The van der Waals surface area contributed by atoms with Gasteiger partial charge in [-0.05, 0) is 98.7 Å². The first-order valence-corrected chi connectivity index (χ1v) is 18.5. The minimum absolute atomic E-state index is 0.0561. The van der Waals surface area contributed by atoms with Crippen LogP contribution in [-0.2, 0) is 14.5 Å². The van der Waals surface area contributed by atoms with Crippen molar-refractivity contribution in [2.45, 2.75) is 98.0 Å². The van der Waals surface area contributed by atoms with E-state index in [9.17, 15) is 0 Å². The van der Waals surface area contributed by atoms with Crippen LogP contribution < -0.4 is 0 Å². The molecule has 0 amide bonds. The van der Waals surface area contributed by atoms with E-state index in [4.69, 9.17) is 4.52 Å². The summed E-state index contributed by atoms with van der Waals surface area (Å²) < 4.78 is 7.72. The molecule has 5 aliphatic heterocycles. The fourth-order valence-corrected chi connectivity index (χ4v) is 36.6. The molecule has 35 heavy (non-hydrogen) atoms. The van der Waals surface area contributed by atoms with Gasteiger partial charge < -0.3 is 4.52 Å². The van der Waals surface area contributed by atoms with E-state index in [1.165, 1.54) is 33.4 Å². The molecule has 1 nitrogen and oxygen atoms in total. The Bertz CT molecular complexity index is 1300. The summed E-state index contributed by atoms with van der Waals surface area (Å²) in [5, 5.41) is 1.78. The van der Waals surface area contributed by atoms with Crippen LogP contribution in [0.15, 0.2) is 24.3 Å². The Kier molecular flexibility index (Phi) is 5.09. The maximum Gasteiger partial charge on any atom is 0.149 e. The molecule has 186 valence electrons. The molecule has 0 radical (unpaired) electrons. The predicted molar refractivity (Wildman–Crippen MR) is 160 cm³/mol. The maximum atomic E-state index is 7.72. The highest BCUT2D eigenvalue weighted by Crippen LogP contribution is 3.28. The molecule has 0 spiro atoms. The van der Waals surface area contributed by atoms with Crippen molar-refractivity contribution >= 4 is 36.6 Å². The zero-order chi connectivity index (χ0) is 25.7. The normalized spacial score (nSPS) is 37.1. The van der Waals surface area contributed by atoms with Crippen LogP contribution in [0.1, 0.15) is 86.1 Å². The number of rotatable bonds is 2. The zero-order valence-corrected chi connectivity index (χ0v) is 27.1. The highest BCUT2D eigenvalue weighted by molar-refractivity contribution is 8.41. The molecular formula is C30H40OP4. The summed E-state index contributed by atoms with van der Waals surface area (Å²) in [5.41, 5.74) is 12.4. The summed E-state index contributed by atoms with van der Waals surface area (Å²) in [5.74, 6) is 0. The van der Waals surface area contributed by atoms with Gasteiger partial charge in [0.2, 0.25) is 0 Å². The molecule has 0 aromatic heterocycles. The Labute approximate surface area is 218 Å². The average molecular weight is 541 g/mol. The molecule has 3 unspecified atom stereocenters. The van der Waals surface area contributed by atoms with Gasteiger partial charge in [-0.15, -0.1) is 0 Å². The van der Waals surface area contributed by atoms with Crippen molar-refractivity contribution < 1.29 is 4.52 Å². The van der Waals surface area contributed by atoms with Gasteiger partial charge in [0.1, 0.15) is 5.08 Å². The van der Waals surface area contributed by atoms with E-state index in [1.807, 2.05) is 5.03 Å². The van der Waals surface area contributed by atoms with E-state index in [0.717, 1.165) is 0 Å². The Morgan fingerprint density at radius 2 is 1.17 bits per heavy atom. The molecule has 0 aliphatic carbocycles. The zero-order valence-electron chi connectivity index (χ0n) is 23.5. The summed E-state index contributed by atoms with van der Waals surface area (Å²) in [7, 11) is 0.298. The van der Waals surface area contributed by atoms with Gasteiger partial charge in [0.25, 0.3) is 0 Å². The largest absolute Gasteiger partial charge is 0.336 e. The SMILES string of the molecule is Cc1cc(C)c([C@]23OP4[C@@]5(c6c(C)cc(C)cc6C)P2C(C(C)(C)C)=PP3[C@@]45C(C)(C)C)c(C)c1. The molecule has 5 heteroatoms. The molecule has 6 bridgehead atoms. The molecule has 0 saturated carbocycles. The van der Waals surface area contributed by atoms with Crippen LogP contribution in [0, 0.1) is 52.4 Å². The summed E-state index contributed by atoms with van der Waals surface area (Å²) >= 11 is 0. The number of hydrogen-bond donors (Lipinski definition) is 0. The number of benzene rings is 2. The second-order valence-electron chi connectivity index (χ2n) is 13.5. The lowest BCUT2D eigenvalue weighted by atomic mass is 9.85. The van der Waals surface area contributed by atoms with Crippen molar-refractivity contribution in [2.75, 3.05) is 0 Å². The van der Waals surface area contributed by atoms with E-state index in [2.05, 4.69) is 107 Å². The molecule has 4 saturated heterocycles. The minimum atomic E-state index is -0.525. The third-order valence-electron chi connectivity index (χ3n) is 8.61. The lowest BCUT2D eigenvalue weighted by Gasteiger charge is -2.40. The van der Waals surface area contributed by atoms with Crippen LogP contribution in [0.4, 0.5) is 0 Å². The summed E-state index contributed by atoms with van der Waals surface area (Å²) in [6.45, 7) is 29.1. The van der Waals surface area contributed by atoms with E-state index in [-0.39, 0.29) is 28.4 Å². The summed E-state index contributed by atoms with van der Waals surface area (Å²) in [6.07, 6.45) is 0. The van der Waals surface area contributed by atoms with Gasteiger partial charge in [-0.3, -0.25) is 0 Å². The minimum Gasteiger partial charge on any atom is -0.336 e. The molecule has 2 aromatic rings. The van der Waals surface area contributed by atoms with Crippen molar-refractivity contribution in [2.24, 2.45) is 10.8 Å². The van der Waals surface area contributed by atoms with E-state index in [1.54, 1.807) is 19.0 Å². The topological polar surface area (TPSA) is 9.23 Å².